The van der Waals surface area contributed by atoms with Gasteiger partial charge in [0.15, 0.2) is 0 Å². The summed E-state index contributed by atoms with van der Waals surface area (Å²) in [6.07, 6.45) is 2.73. The molecule has 0 aromatic rings. The molecule has 1 aliphatic heterocycles. The first kappa shape index (κ1) is 12.0. The molecule has 1 aliphatic rings. The van der Waals surface area contributed by atoms with Crippen molar-refractivity contribution in [1.29, 1.82) is 0 Å². The number of hydrogen-bond donors (Lipinski definition) is 0. The molecule has 2 nitrogen and oxygen atoms in total. The van der Waals surface area contributed by atoms with Gasteiger partial charge in [-0.3, -0.25) is 0 Å². The predicted octanol–water partition coefficient (Wildman–Crippen LogP) is 2.53. The maximum atomic E-state index is 5.69. The van der Waals surface area contributed by atoms with Gasteiger partial charge in [0.05, 0.1) is 12.2 Å². The summed E-state index contributed by atoms with van der Waals surface area (Å²) in [6, 6.07) is 0. The minimum Gasteiger partial charge on any atom is -0.375 e. The molecule has 1 heterocycles. The van der Waals surface area contributed by atoms with Crippen molar-refractivity contribution in [2.75, 3.05) is 26.2 Å². The first-order chi connectivity index (χ1) is 6.51. The fraction of sp³-hybridized carbons (Fsp3) is 1.00. The van der Waals surface area contributed by atoms with Crippen molar-refractivity contribution in [3.63, 3.8) is 0 Å². The van der Waals surface area contributed by atoms with E-state index in [1.54, 1.807) is 0 Å². The van der Waals surface area contributed by atoms with Crippen LogP contribution in [0.25, 0.3) is 0 Å². The molecule has 0 unspecified atom stereocenters. The lowest BCUT2D eigenvalue weighted by molar-refractivity contribution is -0.0283. The second-order valence-electron chi connectivity index (χ2n) is 5.38. The van der Waals surface area contributed by atoms with Crippen LogP contribution in [0.5, 0.6) is 0 Å². The highest BCUT2D eigenvalue weighted by Gasteiger charge is 2.25. The maximum Gasteiger partial charge on any atom is 0.0600 e. The Kier molecular flexibility index (Phi) is 4.39. The molecule has 0 aliphatic carbocycles. The van der Waals surface area contributed by atoms with Gasteiger partial charge >= 0.3 is 0 Å². The Labute approximate surface area is 88.6 Å². The van der Waals surface area contributed by atoms with Crippen LogP contribution in [-0.4, -0.2) is 36.7 Å². The molecule has 84 valence electrons. The molecule has 0 bridgehead atoms. The fourth-order valence-corrected chi connectivity index (χ4v) is 1.93. The summed E-state index contributed by atoms with van der Waals surface area (Å²) in [4.78, 5) is 2.49. The zero-order valence-electron chi connectivity index (χ0n) is 10.2. The summed E-state index contributed by atoms with van der Waals surface area (Å²) >= 11 is 0. The third-order valence-electron chi connectivity index (χ3n) is 2.67. The lowest BCUT2D eigenvalue weighted by Gasteiger charge is -2.39. The number of ether oxygens (including phenoxy) is 1. The van der Waals surface area contributed by atoms with Gasteiger partial charge in [-0.1, -0.05) is 13.3 Å². The third kappa shape index (κ3) is 4.43. The largest absolute Gasteiger partial charge is 0.375 e. The molecule has 0 spiro atoms. The molecular weight excluding hydrogens is 174 g/mol. The zero-order chi connectivity index (χ0) is 10.6. The van der Waals surface area contributed by atoms with Crippen LogP contribution in [0.2, 0.25) is 0 Å². The van der Waals surface area contributed by atoms with Gasteiger partial charge < -0.3 is 9.64 Å². The highest BCUT2D eigenvalue weighted by atomic mass is 16.5. The lowest BCUT2D eigenvalue weighted by atomic mass is 9.95. The Morgan fingerprint density at radius 3 is 2.43 bits per heavy atom. The Morgan fingerprint density at radius 2 is 1.93 bits per heavy atom. The molecule has 0 saturated carbocycles. The smallest absolute Gasteiger partial charge is 0.0600 e. The highest BCUT2D eigenvalue weighted by Crippen LogP contribution is 2.19. The quantitative estimate of drug-likeness (QED) is 0.674. The molecule has 0 atom stereocenters. The van der Waals surface area contributed by atoms with Crippen LogP contribution in [0.3, 0.4) is 0 Å². The molecule has 0 aromatic heterocycles. The van der Waals surface area contributed by atoms with Crippen LogP contribution in [0.15, 0.2) is 0 Å². The fourth-order valence-electron chi connectivity index (χ4n) is 1.93. The van der Waals surface area contributed by atoms with E-state index >= 15 is 0 Å². The lowest BCUT2D eigenvalue weighted by Crippen LogP contribution is -2.48. The van der Waals surface area contributed by atoms with Gasteiger partial charge in [0, 0.05) is 19.6 Å². The summed E-state index contributed by atoms with van der Waals surface area (Å²) in [6.45, 7) is 13.2. The van der Waals surface area contributed by atoms with Crippen molar-refractivity contribution in [3.05, 3.63) is 0 Å². The van der Waals surface area contributed by atoms with E-state index in [9.17, 15) is 0 Å². The molecule has 1 saturated heterocycles. The highest BCUT2D eigenvalue weighted by molar-refractivity contribution is 4.79. The van der Waals surface area contributed by atoms with Crippen LogP contribution in [-0.2, 0) is 4.74 Å². The van der Waals surface area contributed by atoms with Gasteiger partial charge in [-0.15, -0.1) is 0 Å². The van der Waals surface area contributed by atoms with Crippen molar-refractivity contribution in [2.45, 2.75) is 46.1 Å². The molecule has 14 heavy (non-hydrogen) atoms. The standard InChI is InChI=1S/C12H25NO/c1-5-6-11-9-13(10-11)7-8-14-12(2,3)4/h11H,5-10H2,1-4H3. The van der Waals surface area contributed by atoms with Crippen molar-refractivity contribution in [1.82, 2.24) is 4.90 Å². The summed E-state index contributed by atoms with van der Waals surface area (Å²) in [7, 11) is 0. The number of hydrogen-bond acceptors (Lipinski definition) is 2. The first-order valence-corrected chi connectivity index (χ1v) is 5.87. The van der Waals surface area contributed by atoms with Crippen molar-refractivity contribution < 1.29 is 4.74 Å². The van der Waals surface area contributed by atoms with Crippen LogP contribution in [0.4, 0.5) is 0 Å². The number of rotatable bonds is 5. The molecule has 0 N–H and O–H groups in total. The normalized spacial score (nSPS) is 19.7. The average molecular weight is 199 g/mol. The van der Waals surface area contributed by atoms with E-state index in [0.717, 1.165) is 19.1 Å². The van der Waals surface area contributed by atoms with E-state index in [1.165, 1.54) is 25.9 Å². The van der Waals surface area contributed by atoms with Gasteiger partial charge in [0.2, 0.25) is 0 Å². The molecule has 0 aromatic carbocycles. The van der Waals surface area contributed by atoms with Gasteiger partial charge in [-0.2, -0.15) is 0 Å². The number of likely N-dealkylation sites (tertiary alicyclic amines) is 1. The molecule has 2 heteroatoms. The van der Waals surface area contributed by atoms with E-state index in [2.05, 4.69) is 32.6 Å². The Morgan fingerprint density at radius 1 is 1.29 bits per heavy atom. The second-order valence-corrected chi connectivity index (χ2v) is 5.38. The van der Waals surface area contributed by atoms with Crippen molar-refractivity contribution in [2.24, 2.45) is 5.92 Å². The topological polar surface area (TPSA) is 12.5 Å². The van der Waals surface area contributed by atoms with E-state index in [0.29, 0.717) is 0 Å². The number of nitrogens with zero attached hydrogens (tertiary/aromatic N) is 1. The summed E-state index contributed by atoms with van der Waals surface area (Å²) in [5.41, 5.74) is 0.0215. The molecule has 1 fully saturated rings. The Balaban J connectivity index is 1.96. The first-order valence-electron chi connectivity index (χ1n) is 5.87. The Hall–Kier alpha value is -0.0800. The summed E-state index contributed by atoms with van der Waals surface area (Å²) < 4.78 is 5.69. The Bertz CT molecular complexity index is 156. The van der Waals surface area contributed by atoms with Crippen molar-refractivity contribution in [3.8, 4) is 0 Å². The molecular formula is C12H25NO. The van der Waals surface area contributed by atoms with E-state index in [1.807, 2.05) is 0 Å². The van der Waals surface area contributed by atoms with Crippen molar-refractivity contribution >= 4 is 0 Å². The zero-order valence-corrected chi connectivity index (χ0v) is 10.2. The summed E-state index contributed by atoms with van der Waals surface area (Å²) in [5.74, 6) is 0.967. The van der Waals surface area contributed by atoms with E-state index < -0.39 is 0 Å². The van der Waals surface area contributed by atoms with E-state index in [-0.39, 0.29) is 5.60 Å². The van der Waals surface area contributed by atoms with Gasteiger partial charge in [0.25, 0.3) is 0 Å². The average Bonchev–Trinajstić information content (AvgIpc) is 1.97. The second kappa shape index (κ2) is 5.13. The minimum absolute atomic E-state index is 0.0215. The van der Waals surface area contributed by atoms with Gasteiger partial charge in [-0.05, 0) is 33.1 Å². The minimum atomic E-state index is 0.0215. The molecule has 0 radical (unpaired) electrons. The maximum absolute atomic E-state index is 5.69. The molecule has 0 amide bonds. The van der Waals surface area contributed by atoms with Crippen LogP contribution in [0, 0.1) is 5.92 Å². The van der Waals surface area contributed by atoms with Gasteiger partial charge in [-0.25, -0.2) is 0 Å². The third-order valence-corrected chi connectivity index (χ3v) is 2.67. The monoisotopic (exact) mass is 199 g/mol. The van der Waals surface area contributed by atoms with Gasteiger partial charge in [0.1, 0.15) is 0 Å². The van der Waals surface area contributed by atoms with Crippen LogP contribution >= 0.6 is 0 Å². The van der Waals surface area contributed by atoms with E-state index in [4.69, 9.17) is 4.74 Å². The predicted molar refractivity (Wildman–Crippen MR) is 60.5 cm³/mol. The summed E-state index contributed by atoms with van der Waals surface area (Å²) in [5, 5.41) is 0. The molecule has 1 rings (SSSR count). The van der Waals surface area contributed by atoms with Crippen LogP contribution in [0.1, 0.15) is 40.5 Å². The van der Waals surface area contributed by atoms with Crippen LogP contribution < -0.4 is 0 Å². The SMILES string of the molecule is CCCC1CN(CCOC(C)(C)C)C1.